The predicted octanol–water partition coefficient (Wildman–Crippen LogP) is 1.14. The zero-order valence-electron chi connectivity index (χ0n) is 7.22. The van der Waals surface area contributed by atoms with E-state index in [0.29, 0.717) is 5.57 Å². The van der Waals surface area contributed by atoms with Crippen LogP contribution in [-0.2, 0) is 14.3 Å². The van der Waals surface area contributed by atoms with E-state index in [1.165, 1.54) is 0 Å². The van der Waals surface area contributed by atoms with Crippen molar-refractivity contribution in [3.8, 4) is 0 Å². The lowest BCUT2D eigenvalue weighted by molar-refractivity contribution is -0.142. The molecule has 0 spiro atoms. The average molecular weight is 158 g/mol. The molecule has 0 aliphatic heterocycles. The highest BCUT2D eigenvalue weighted by atomic mass is 16.6. The third kappa shape index (κ3) is 4.56. The van der Waals surface area contributed by atoms with Crippen molar-refractivity contribution in [3.05, 3.63) is 12.2 Å². The number of methoxy groups -OCH3 is 1. The van der Waals surface area contributed by atoms with Crippen LogP contribution < -0.4 is 0 Å². The van der Waals surface area contributed by atoms with Crippen LogP contribution in [0.3, 0.4) is 0 Å². The number of hydrogen-bond acceptors (Lipinski definition) is 3. The van der Waals surface area contributed by atoms with Crippen LogP contribution in [0.5, 0.6) is 0 Å². The van der Waals surface area contributed by atoms with Crippen molar-refractivity contribution in [2.75, 3.05) is 13.7 Å². The Bertz CT molecular complexity index is 151. The fraction of sp³-hybridized carbons (Fsp3) is 0.625. The summed E-state index contributed by atoms with van der Waals surface area (Å²) in [6.07, 6.45) is -0.0571. The van der Waals surface area contributed by atoms with Crippen molar-refractivity contribution in [3.63, 3.8) is 0 Å². The first-order valence-electron chi connectivity index (χ1n) is 3.43. The Labute approximate surface area is 67.0 Å². The van der Waals surface area contributed by atoms with Gasteiger partial charge in [0.05, 0.1) is 6.10 Å². The third-order valence-corrected chi connectivity index (χ3v) is 1.20. The second kappa shape index (κ2) is 4.91. The first-order chi connectivity index (χ1) is 5.07. The summed E-state index contributed by atoms with van der Waals surface area (Å²) in [5, 5.41) is 0. The Morgan fingerprint density at radius 2 is 2.18 bits per heavy atom. The van der Waals surface area contributed by atoms with Gasteiger partial charge >= 0.3 is 5.97 Å². The van der Waals surface area contributed by atoms with Gasteiger partial charge in [0.25, 0.3) is 0 Å². The number of rotatable bonds is 4. The minimum Gasteiger partial charge on any atom is -0.460 e. The smallest absolute Gasteiger partial charge is 0.333 e. The van der Waals surface area contributed by atoms with E-state index >= 15 is 0 Å². The molecule has 0 radical (unpaired) electrons. The molecule has 11 heavy (non-hydrogen) atoms. The Balaban J connectivity index is 3.54. The molecule has 0 heterocycles. The van der Waals surface area contributed by atoms with Crippen molar-refractivity contribution in [2.24, 2.45) is 0 Å². The summed E-state index contributed by atoms with van der Waals surface area (Å²) in [4.78, 5) is 10.8. The first kappa shape index (κ1) is 10.2. The molecule has 0 N–H and O–H groups in total. The zero-order valence-corrected chi connectivity index (χ0v) is 7.22. The molecule has 0 aromatic rings. The van der Waals surface area contributed by atoms with Crippen molar-refractivity contribution in [1.82, 2.24) is 0 Å². The van der Waals surface area contributed by atoms with E-state index in [9.17, 15) is 4.79 Å². The van der Waals surface area contributed by atoms with E-state index in [0.717, 1.165) is 0 Å². The van der Waals surface area contributed by atoms with Crippen molar-refractivity contribution in [1.29, 1.82) is 0 Å². The van der Waals surface area contributed by atoms with Crippen LogP contribution in [0.4, 0.5) is 0 Å². The Morgan fingerprint density at radius 1 is 1.64 bits per heavy atom. The average Bonchev–Trinajstić information content (AvgIpc) is 1.99. The van der Waals surface area contributed by atoms with Gasteiger partial charge in [-0.1, -0.05) is 6.58 Å². The lowest BCUT2D eigenvalue weighted by atomic mass is 10.3. The molecule has 0 bridgehead atoms. The van der Waals surface area contributed by atoms with Gasteiger partial charge in [0, 0.05) is 12.7 Å². The highest BCUT2D eigenvalue weighted by Crippen LogP contribution is 1.95. The van der Waals surface area contributed by atoms with Crippen LogP contribution in [0.25, 0.3) is 0 Å². The Kier molecular flexibility index (Phi) is 4.54. The predicted molar refractivity (Wildman–Crippen MR) is 42.2 cm³/mol. The molecular formula is C8H14O3. The van der Waals surface area contributed by atoms with Crippen molar-refractivity contribution in [2.45, 2.75) is 20.0 Å². The number of carbonyl (C=O) groups is 1. The molecule has 0 saturated carbocycles. The van der Waals surface area contributed by atoms with Crippen LogP contribution >= 0.6 is 0 Å². The second-order valence-corrected chi connectivity index (χ2v) is 2.43. The largest absolute Gasteiger partial charge is 0.460 e. The van der Waals surface area contributed by atoms with Crippen LogP contribution in [0.1, 0.15) is 13.8 Å². The normalized spacial score (nSPS) is 12.3. The number of ether oxygens (including phenoxy) is 2. The maximum absolute atomic E-state index is 10.8. The van der Waals surface area contributed by atoms with E-state index < -0.39 is 0 Å². The molecule has 0 rings (SSSR count). The van der Waals surface area contributed by atoms with E-state index in [1.807, 2.05) is 6.92 Å². The fourth-order valence-corrected chi connectivity index (χ4v) is 0.384. The highest BCUT2D eigenvalue weighted by Gasteiger charge is 2.05. The summed E-state index contributed by atoms with van der Waals surface area (Å²) >= 11 is 0. The molecule has 3 heteroatoms. The minimum atomic E-state index is -0.367. The van der Waals surface area contributed by atoms with Gasteiger partial charge in [-0.2, -0.15) is 0 Å². The molecule has 0 aliphatic carbocycles. The van der Waals surface area contributed by atoms with E-state index in [4.69, 9.17) is 9.47 Å². The molecule has 3 nitrogen and oxygen atoms in total. The maximum atomic E-state index is 10.8. The van der Waals surface area contributed by atoms with E-state index in [-0.39, 0.29) is 18.7 Å². The van der Waals surface area contributed by atoms with Crippen molar-refractivity contribution < 1.29 is 14.3 Å². The summed E-state index contributed by atoms with van der Waals surface area (Å²) in [6, 6.07) is 0. The second-order valence-electron chi connectivity index (χ2n) is 2.43. The molecular weight excluding hydrogens is 144 g/mol. The number of carbonyl (C=O) groups excluding carboxylic acids is 1. The number of esters is 1. The Hall–Kier alpha value is -0.830. The fourth-order valence-electron chi connectivity index (χ4n) is 0.384. The van der Waals surface area contributed by atoms with Gasteiger partial charge in [-0.15, -0.1) is 0 Å². The van der Waals surface area contributed by atoms with Crippen LogP contribution in [-0.4, -0.2) is 25.8 Å². The summed E-state index contributed by atoms with van der Waals surface area (Å²) in [5.74, 6) is -0.367. The summed E-state index contributed by atoms with van der Waals surface area (Å²) in [7, 11) is 1.57. The lowest BCUT2D eigenvalue weighted by Crippen LogP contribution is -2.17. The minimum absolute atomic E-state index is 0.0571. The van der Waals surface area contributed by atoms with E-state index in [2.05, 4.69) is 6.58 Å². The van der Waals surface area contributed by atoms with Gasteiger partial charge in [0.2, 0.25) is 0 Å². The molecule has 0 fully saturated rings. The monoisotopic (exact) mass is 158 g/mol. The molecule has 1 atom stereocenters. The summed E-state index contributed by atoms with van der Waals surface area (Å²) in [5.41, 5.74) is 0.410. The van der Waals surface area contributed by atoms with Gasteiger partial charge in [-0.25, -0.2) is 4.79 Å². The van der Waals surface area contributed by atoms with E-state index in [1.54, 1.807) is 14.0 Å². The van der Waals surface area contributed by atoms with Gasteiger partial charge < -0.3 is 9.47 Å². The first-order valence-corrected chi connectivity index (χ1v) is 3.43. The third-order valence-electron chi connectivity index (χ3n) is 1.20. The quantitative estimate of drug-likeness (QED) is 0.454. The van der Waals surface area contributed by atoms with Gasteiger partial charge in [0.15, 0.2) is 0 Å². The molecule has 1 unspecified atom stereocenters. The van der Waals surface area contributed by atoms with Gasteiger partial charge in [-0.05, 0) is 13.8 Å². The molecule has 0 amide bonds. The molecule has 0 saturated heterocycles. The molecule has 0 aromatic carbocycles. The van der Waals surface area contributed by atoms with Crippen LogP contribution in [0, 0.1) is 0 Å². The SMILES string of the molecule is C=C(C)C(=O)OCC(C)OC. The summed E-state index contributed by atoms with van der Waals surface area (Å²) in [6.45, 7) is 7.16. The zero-order chi connectivity index (χ0) is 8.85. The number of hydrogen-bond donors (Lipinski definition) is 0. The summed E-state index contributed by atoms with van der Waals surface area (Å²) < 4.78 is 9.67. The molecule has 64 valence electrons. The topological polar surface area (TPSA) is 35.5 Å². The highest BCUT2D eigenvalue weighted by molar-refractivity contribution is 5.86. The lowest BCUT2D eigenvalue weighted by Gasteiger charge is -2.09. The molecule has 0 aromatic heterocycles. The standard InChI is InChI=1S/C8H14O3/c1-6(2)8(9)11-5-7(3)10-4/h7H,1,5H2,2-4H3. The van der Waals surface area contributed by atoms with Crippen LogP contribution in [0.15, 0.2) is 12.2 Å². The van der Waals surface area contributed by atoms with Gasteiger partial charge in [0.1, 0.15) is 6.61 Å². The van der Waals surface area contributed by atoms with Crippen LogP contribution in [0.2, 0.25) is 0 Å². The molecule has 0 aliphatic rings. The maximum Gasteiger partial charge on any atom is 0.333 e. The van der Waals surface area contributed by atoms with Crippen molar-refractivity contribution >= 4 is 5.97 Å². The van der Waals surface area contributed by atoms with Gasteiger partial charge in [-0.3, -0.25) is 0 Å². The Morgan fingerprint density at radius 3 is 2.55 bits per heavy atom.